The standard InChI is InChI=1S/C28H28F2N2O4/c1-5-31-26(34)19-14-12-18(13-15-19)20-8-6-9-21(16-20)32(17-24(33)36-28(2,3)4)27(35)25-22(29)10-7-11-23(25)30/h6-16H,5,17H2,1-4H3,(H,31,34). The summed E-state index contributed by atoms with van der Waals surface area (Å²) in [6.07, 6.45) is 0. The predicted octanol–water partition coefficient (Wildman–Crippen LogP) is 5.37. The number of hydrogen-bond donors (Lipinski definition) is 1. The van der Waals surface area contributed by atoms with Crippen molar-refractivity contribution >= 4 is 23.5 Å². The van der Waals surface area contributed by atoms with Crippen LogP contribution < -0.4 is 10.2 Å². The Morgan fingerprint density at radius 1 is 0.889 bits per heavy atom. The molecule has 6 nitrogen and oxygen atoms in total. The summed E-state index contributed by atoms with van der Waals surface area (Å²) in [6, 6.07) is 16.6. The Morgan fingerprint density at radius 3 is 2.08 bits per heavy atom. The zero-order valence-electron chi connectivity index (χ0n) is 20.6. The monoisotopic (exact) mass is 494 g/mol. The molecule has 0 radical (unpaired) electrons. The van der Waals surface area contributed by atoms with Gasteiger partial charge in [0.1, 0.15) is 29.3 Å². The molecule has 0 unspecified atom stereocenters. The van der Waals surface area contributed by atoms with Crippen LogP contribution in [0.4, 0.5) is 14.5 Å². The highest BCUT2D eigenvalue weighted by molar-refractivity contribution is 6.09. The van der Waals surface area contributed by atoms with Crippen molar-refractivity contribution in [3.05, 3.63) is 89.5 Å². The average molecular weight is 495 g/mol. The lowest BCUT2D eigenvalue weighted by molar-refractivity contribution is -0.152. The van der Waals surface area contributed by atoms with E-state index in [4.69, 9.17) is 4.74 Å². The van der Waals surface area contributed by atoms with Gasteiger partial charge in [-0.05, 0) is 75.2 Å². The van der Waals surface area contributed by atoms with E-state index in [0.29, 0.717) is 17.7 Å². The number of benzene rings is 3. The van der Waals surface area contributed by atoms with Gasteiger partial charge < -0.3 is 10.1 Å². The molecule has 188 valence electrons. The van der Waals surface area contributed by atoms with Crippen LogP contribution >= 0.6 is 0 Å². The summed E-state index contributed by atoms with van der Waals surface area (Å²) < 4.78 is 34.3. The summed E-state index contributed by atoms with van der Waals surface area (Å²) in [4.78, 5) is 39.0. The van der Waals surface area contributed by atoms with Crippen molar-refractivity contribution in [2.75, 3.05) is 18.0 Å². The second-order valence-electron chi connectivity index (χ2n) is 9.06. The quantitative estimate of drug-likeness (QED) is 0.448. The molecule has 36 heavy (non-hydrogen) atoms. The highest BCUT2D eigenvalue weighted by Crippen LogP contribution is 2.27. The van der Waals surface area contributed by atoms with E-state index < -0.39 is 41.2 Å². The largest absolute Gasteiger partial charge is 0.459 e. The van der Waals surface area contributed by atoms with Gasteiger partial charge in [-0.3, -0.25) is 19.3 Å². The molecule has 0 spiro atoms. The fourth-order valence-electron chi connectivity index (χ4n) is 3.55. The number of nitrogens with one attached hydrogen (secondary N) is 1. The molecule has 0 aliphatic carbocycles. The summed E-state index contributed by atoms with van der Waals surface area (Å²) in [7, 11) is 0. The van der Waals surface area contributed by atoms with Crippen LogP contribution in [0.25, 0.3) is 11.1 Å². The Morgan fingerprint density at radius 2 is 1.50 bits per heavy atom. The molecule has 2 amide bonds. The SMILES string of the molecule is CCNC(=O)c1ccc(-c2cccc(N(CC(=O)OC(C)(C)C)C(=O)c3c(F)cccc3F)c2)cc1. The van der Waals surface area contributed by atoms with Gasteiger partial charge in [0.15, 0.2) is 0 Å². The van der Waals surface area contributed by atoms with Gasteiger partial charge in [-0.2, -0.15) is 0 Å². The fraction of sp³-hybridized carbons (Fsp3) is 0.250. The van der Waals surface area contributed by atoms with E-state index in [1.54, 1.807) is 69.3 Å². The van der Waals surface area contributed by atoms with Gasteiger partial charge in [-0.15, -0.1) is 0 Å². The number of halogens is 2. The number of anilines is 1. The highest BCUT2D eigenvalue weighted by Gasteiger charge is 2.28. The highest BCUT2D eigenvalue weighted by atomic mass is 19.1. The van der Waals surface area contributed by atoms with E-state index in [0.717, 1.165) is 28.7 Å². The van der Waals surface area contributed by atoms with Crippen LogP contribution in [-0.2, 0) is 9.53 Å². The molecule has 8 heteroatoms. The molecule has 0 saturated carbocycles. The summed E-state index contributed by atoms with van der Waals surface area (Å²) in [6.45, 7) is 6.82. The average Bonchev–Trinajstić information content (AvgIpc) is 2.81. The maximum atomic E-state index is 14.5. The third-order valence-electron chi connectivity index (χ3n) is 5.10. The number of hydrogen-bond acceptors (Lipinski definition) is 4. The number of rotatable bonds is 7. The molecule has 3 aromatic carbocycles. The Labute approximate surface area is 208 Å². The first kappa shape index (κ1) is 26.5. The molecule has 0 heterocycles. The summed E-state index contributed by atoms with van der Waals surface area (Å²) in [5.41, 5.74) is 0.575. The molecule has 0 aromatic heterocycles. The Hall–Kier alpha value is -4.07. The maximum Gasteiger partial charge on any atom is 0.326 e. The van der Waals surface area contributed by atoms with Crippen LogP contribution in [0, 0.1) is 11.6 Å². The van der Waals surface area contributed by atoms with Crippen LogP contribution in [0.5, 0.6) is 0 Å². The summed E-state index contributed by atoms with van der Waals surface area (Å²) in [5, 5.41) is 2.73. The molecule has 1 N–H and O–H groups in total. The van der Waals surface area contributed by atoms with E-state index in [1.165, 1.54) is 0 Å². The van der Waals surface area contributed by atoms with E-state index in [9.17, 15) is 23.2 Å². The maximum absolute atomic E-state index is 14.5. The number of ether oxygens (including phenoxy) is 1. The van der Waals surface area contributed by atoms with Crippen molar-refractivity contribution in [3.63, 3.8) is 0 Å². The van der Waals surface area contributed by atoms with E-state index in [1.807, 2.05) is 6.92 Å². The lowest BCUT2D eigenvalue weighted by atomic mass is 10.0. The molecular formula is C28H28F2N2O4. The van der Waals surface area contributed by atoms with Gasteiger partial charge >= 0.3 is 5.97 Å². The third-order valence-corrected chi connectivity index (χ3v) is 5.10. The Bertz CT molecular complexity index is 1250. The second-order valence-corrected chi connectivity index (χ2v) is 9.06. The van der Waals surface area contributed by atoms with Gasteiger partial charge in [0, 0.05) is 17.8 Å². The molecule has 0 atom stereocenters. The number of nitrogens with zero attached hydrogens (tertiary/aromatic N) is 1. The van der Waals surface area contributed by atoms with Crippen LogP contribution in [0.2, 0.25) is 0 Å². The van der Waals surface area contributed by atoms with E-state index in [2.05, 4.69) is 5.32 Å². The van der Waals surface area contributed by atoms with Gasteiger partial charge in [-0.1, -0.05) is 30.3 Å². The van der Waals surface area contributed by atoms with Crippen molar-refractivity contribution in [3.8, 4) is 11.1 Å². The minimum Gasteiger partial charge on any atom is -0.459 e. The van der Waals surface area contributed by atoms with Gasteiger partial charge in [-0.25, -0.2) is 8.78 Å². The van der Waals surface area contributed by atoms with Crippen LogP contribution in [0.1, 0.15) is 48.4 Å². The molecule has 0 bridgehead atoms. The molecule has 3 rings (SSSR count). The fourth-order valence-corrected chi connectivity index (χ4v) is 3.55. The lowest BCUT2D eigenvalue weighted by Gasteiger charge is -2.26. The minimum absolute atomic E-state index is 0.196. The van der Waals surface area contributed by atoms with Gasteiger partial charge in [0.25, 0.3) is 11.8 Å². The predicted molar refractivity (Wildman–Crippen MR) is 134 cm³/mol. The molecule has 3 aromatic rings. The van der Waals surface area contributed by atoms with Crippen molar-refractivity contribution in [2.45, 2.75) is 33.3 Å². The molecule has 0 aliphatic heterocycles. The first-order valence-electron chi connectivity index (χ1n) is 11.5. The first-order chi connectivity index (χ1) is 17.0. The minimum atomic E-state index is -1.04. The second kappa shape index (κ2) is 11.1. The van der Waals surface area contributed by atoms with Crippen molar-refractivity contribution in [2.24, 2.45) is 0 Å². The molecule has 0 fully saturated rings. The number of carbonyl (C=O) groups is 3. The van der Waals surface area contributed by atoms with E-state index in [-0.39, 0.29) is 11.6 Å². The van der Waals surface area contributed by atoms with Crippen LogP contribution in [0.3, 0.4) is 0 Å². The first-order valence-corrected chi connectivity index (χ1v) is 11.5. The third kappa shape index (κ3) is 6.53. The van der Waals surface area contributed by atoms with Gasteiger partial charge in [0.05, 0.1) is 0 Å². The number of carbonyl (C=O) groups excluding carboxylic acids is 3. The van der Waals surface area contributed by atoms with E-state index >= 15 is 0 Å². The molecule has 0 saturated heterocycles. The zero-order valence-corrected chi connectivity index (χ0v) is 20.6. The number of esters is 1. The zero-order chi connectivity index (χ0) is 26.5. The Balaban J connectivity index is 2.00. The molecule has 0 aliphatic rings. The van der Waals surface area contributed by atoms with Gasteiger partial charge in [0.2, 0.25) is 0 Å². The van der Waals surface area contributed by atoms with Crippen LogP contribution in [0.15, 0.2) is 66.7 Å². The number of amides is 2. The summed E-state index contributed by atoms with van der Waals surface area (Å²) in [5.74, 6) is -4.01. The normalized spacial score (nSPS) is 11.1. The van der Waals surface area contributed by atoms with Crippen molar-refractivity contribution < 1.29 is 27.9 Å². The Kier molecular flexibility index (Phi) is 8.19. The smallest absolute Gasteiger partial charge is 0.326 e. The molecular weight excluding hydrogens is 466 g/mol. The van der Waals surface area contributed by atoms with Crippen molar-refractivity contribution in [1.82, 2.24) is 5.32 Å². The van der Waals surface area contributed by atoms with Crippen molar-refractivity contribution in [1.29, 1.82) is 0 Å². The topological polar surface area (TPSA) is 75.7 Å². The summed E-state index contributed by atoms with van der Waals surface area (Å²) >= 11 is 0. The lowest BCUT2D eigenvalue weighted by Crippen LogP contribution is -2.39. The van der Waals surface area contributed by atoms with Crippen LogP contribution in [-0.4, -0.2) is 36.5 Å².